The maximum absolute atomic E-state index is 11.5. The molecule has 5 atom stereocenters. The molecule has 1 saturated heterocycles. The minimum atomic E-state index is -5.28. The largest absolute Gasteiger partial charge is 0.481 e. The van der Waals surface area contributed by atoms with Crippen molar-refractivity contribution in [1.29, 1.82) is 0 Å². The fourth-order valence-corrected chi connectivity index (χ4v) is 4.28. The Kier molecular flexibility index (Phi) is 5.44. The van der Waals surface area contributed by atoms with E-state index in [0.29, 0.717) is 11.5 Å². The van der Waals surface area contributed by atoms with Crippen molar-refractivity contribution < 1.29 is 47.6 Å². The molecule has 8 N–H and O–H groups in total. The number of phosphoric acid groups is 2. The number of aliphatic hydroxyl groups is 2. The second-order valence-corrected chi connectivity index (χ2v) is 8.47. The maximum Gasteiger partial charge on any atom is 0.481 e. The summed E-state index contributed by atoms with van der Waals surface area (Å²) in [5.41, 5.74) is 6.13. The van der Waals surface area contributed by atoms with Gasteiger partial charge in [-0.05, 0) is 0 Å². The van der Waals surface area contributed by atoms with Crippen molar-refractivity contribution in [2.75, 3.05) is 29.2 Å². The van der Waals surface area contributed by atoms with Crippen molar-refractivity contribution in [3.63, 3.8) is 0 Å². The zero-order valence-electron chi connectivity index (χ0n) is 13.4. The van der Waals surface area contributed by atoms with E-state index in [1.807, 2.05) is 0 Å². The third kappa shape index (κ3) is 4.38. The van der Waals surface area contributed by atoms with E-state index in [9.17, 15) is 24.2 Å². The van der Waals surface area contributed by atoms with Gasteiger partial charge in [0.25, 0.3) is 0 Å². The van der Waals surface area contributed by atoms with Crippen molar-refractivity contribution in [3.8, 4) is 0 Å². The summed E-state index contributed by atoms with van der Waals surface area (Å²) in [7, 11) is -10.4. The molecule has 152 valence electrons. The minimum Gasteiger partial charge on any atom is -0.387 e. The van der Waals surface area contributed by atoms with Gasteiger partial charge in [-0.3, -0.25) is 4.52 Å². The number of aromatic nitrogens is 2. The summed E-state index contributed by atoms with van der Waals surface area (Å²) in [5, 5.41) is 23.2. The molecule has 15 nitrogen and oxygen atoms in total. The van der Waals surface area contributed by atoms with Gasteiger partial charge in [0.05, 0.1) is 13.3 Å². The number of anilines is 3. The van der Waals surface area contributed by atoms with Gasteiger partial charge in [0.1, 0.15) is 30.3 Å². The highest BCUT2D eigenvalue weighted by Crippen LogP contribution is 2.57. The molecule has 5 unspecified atom stereocenters. The average Bonchev–Trinajstić information content (AvgIpc) is 3.07. The molecule has 0 saturated carbocycles. The van der Waals surface area contributed by atoms with Gasteiger partial charge in [-0.2, -0.15) is 4.31 Å². The lowest BCUT2D eigenvalue weighted by Gasteiger charge is -2.26. The molecule has 2 aliphatic heterocycles. The van der Waals surface area contributed by atoms with Crippen LogP contribution >= 0.6 is 15.6 Å². The molecule has 0 aromatic carbocycles. The standard InChI is InChI=1S/C10H17N5O10P2/c11-8-5-9(13-2-12-8)15(3-14-5)10-7(17)6(16)4(24-10)1-23-27(21,22)25-26(18,19)20/h2,4,6-7,10,14,16-17H,1,3H2,(H,21,22)(H2,11,12,13)(H2,18,19,20). The van der Waals surface area contributed by atoms with Crippen molar-refractivity contribution in [2.24, 2.45) is 0 Å². The summed E-state index contributed by atoms with van der Waals surface area (Å²) in [6.45, 7) is -0.664. The number of fused-ring (bicyclic) bond motifs is 1. The number of hydrogen-bond acceptors (Lipinski definition) is 12. The van der Waals surface area contributed by atoms with E-state index < -0.39 is 46.8 Å². The number of nitrogen functional groups attached to an aromatic ring is 1. The second-order valence-electron chi connectivity index (χ2n) is 5.65. The summed E-state index contributed by atoms with van der Waals surface area (Å²) in [4.78, 5) is 35.7. The molecule has 1 fully saturated rings. The Balaban J connectivity index is 1.68. The summed E-state index contributed by atoms with van der Waals surface area (Å²) in [6.07, 6.45) is -4.20. The topological polar surface area (TPSA) is 230 Å². The molecule has 0 spiro atoms. The Bertz CT molecular complexity index is 807. The third-order valence-corrected chi connectivity index (χ3v) is 5.96. The molecule has 2 aliphatic rings. The van der Waals surface area contributed by atoms with E-state index in [1.54, 1.807) is 0 Å². The third-order valence-electron chi connectivity index (χ3n) is 3.81. The number of hydrogen-bond donors (Lipinski definition) is 7. The highest BCUT2D eigenvalue weighted by molar-refractivity contribution is 7.60. The molecule has 1 aromatic heterocycles. The first-order valence-electron chi connectivity index (χ1n) is 7.35. The zero-order valence-corrected chi connectivity index (χ0v) is 15.2. The van der Waals surface area contributed by atoms with Crippen LogP contribution in [-0.4, -0.2) is 72.7 Å². The van der Waals surface area contributed by atoms with Crippen LogP contribution in [0.2, 0.25) is 0 Å². The van der Waals surface area contributed by atoms with E-state index in [2.05, 4.69) is 24.1 Å². The van der Waals surface area contributed by atoms with Crippen LogP contribution in [0.15, 0.2) is 6.33 Å². The highest BCUT2D eigenvalue weighted by atomic mass is 31.3. The van der Waals surface area contributed by atoms with Crippen LogP contribution in [0.4, 0.5) is 17.3 Å². The number of phosphoric ester groups is 1. The van der Waals surface area contributed by atoms with Crippen molar-refractivity contribution in [3.05, 3.63) is 6.33 Å². The van der Waals surface area contributed by atoms with Gasteiger partial charge in [-0.15, -0.1) is 0 Å². The Hall–Kier alpha value is -1.38. The average molecular weight is 429 g/mol. The SMILES string of the molecule is Nc1ncnc2c1NCN2C1OC(COP(=O)(O)OP(=O)(O)O)C(O)C1O. The predicted molar refractivity (Wildman–Crippen MR) is 87.0 cm³/mol. The number of aliphatic hydroxyl groups excluding tert-OH is 2. The van der Waals surface area contributed by atoms with Crippen LogP contribution in [0.25, 0.3) is 0 Å². The van der Waals surface area contributed by atoms with Gasteiger partial charge in [0.15, 0.2) is 17.9 Å². The van der Waals surface area contributed by atoms with Gasteiger partial charge in [-0.1, -0.05) is 0 Å². The number of nitrogens with two attached hydrogens (primary N) is 1. The predicted octanol–water partition coefficient (Wildman–Crippen LogP) is -2.08. The summed E-state index contributed by atoms with van der Waals surface area (Å²) >= 11 is 0. The zero-order chi connectivity index (χ0) is 20.0. The molecular weight excluding hydrogens is 412 g/mol. The second kappa shape index (κ2) is 7.22. The van der Waals surface area contributed by atoms with E-state index in [1.165, 1.54) is 11.2 Å². The lowest BCUT2D eigenvalue weighted by atomic mass is 10.1. The van der Waals surface area contributed by atoms with Gasteiger partial charge < -0.3 is 45.6 Å². The molecular formula is C10H17N5O10P2. The smallest absolute Gasteiger partial charge is 0.387 e. The molecule has 27 heavy (non-hydrogen) atoms. The lowest BCUT2D eigenvalue weighted by molar-refractivity contribution is -0.0215. The van der Waals surface area contributed by atoms with Crippen molar-refractivity contribution >= 4 is 33.0 Å². The molecule has 3 heterocycles. The quantitative estimate of drug-likeness (QED) is 0.241. The first-order valence-corrected chi connectivity index (χ1v) is 10.4. The normalized spacial score (nSPS) is 30.0. The molecule has 0 amide bonds. The molecule has 0 bridgehead atoms. The monoisotopic (exact) mass is 429 g/mol. The van der Waals surface area contributed by atoms with Crippen molar-refractivity contribution in [2.45, 2.75) is 24.5 Å². The molecule has 1 aromatic rings. The minimum absolute atomic E-state index is 0.125. The van der Waals surface area contributed by atoms with Gasteiger partial charge in [-0.25, -0.2) is 19.1 Å². The van der Waals surface area contributed by atoms with E-state index in [0.717, 1.165) is 0 Å². The lowest BCUT2D eigenvalue weighted by Crippen LogP contribution is -2.44. The Morgan fingerprint density at radius 3 is 2.67 bits per heavy atom. The molecule has 3 rings (SSSR count). The summed E-state index contributed by atoms with van der Waals surface area (Å²) < 4.78 is 35.7. The van der Waals surface area contributed by atoms with E-state index in [4.69, 9.17) is 20.3 Å². The van der Waals surface area contributed by atoms with Gasteiger partial charge in [0.2, 0.25) is 0 Å². The van der Waals surface area contributed by atoms with E-state index >= 15 is 0 Å². The summed E-state index contributed by atoms with van der Waals surface area (Å²) in [5.74, 6) is 0.490. The Labute approximate surface area is 151 Å². The maximum atomic E-state index is 11.5. The van der Waals surface area contributed by atoms with Crippen LogP contribution in [0.3, 0.4) is 0 Å². The first-order chi connectivity index (χ1) is 12.5. The van der Waals surface area contributed by atoms with Crippen molar-refractivity contribution in [1.82, 2.24) is 9.97 Å². The number of ether oxygens (including phenoxy) is 1. The van der Waals surface area contributed by atoms with Crippen LogP contribution < -0.4 is 16.0 Å². The van der Waals surface area contributed by atoms with Crippen LogP contribution in [0, 0.1) is 0 Å². The fourth-order valence-electron chi connectivity index (χ4n) is 2.68. The van der Waals surface area contributed by atoms with Gasteiger partial charge >= 0.3 is 15.6 Å². The number of nitrogens with zero attached hydrogens (tertiary/aromatic N) is 3. The molecule has 0 radical (unpaired) electrons. The Morgan fingerprint density at radius 2 is 2.00 bits per heavy atom. The molecule has 0 aliphatic carbocycles. The Morgan fingerprint density at radius 1 is 1.30 bits per heavy atom. The summed E-state index contributed by atoms with van der Waals surface area (Å²) in [6, 6.07) is 0. The molecule has 17 heteroatoms. The van der Waals surface area contributed by atoms with Crippen LogP contribution in [-0.2, 0) is 22.7 Å². The van der Waals surface area contributed by atoms with Gasteiger partial charge in [0, 0.05) is 0 Å². The van der Waals surface area contributed by atoms with E-state index in [-0.39, 0.29) is 12.5 Å². The number of nitrogens with one attached hydrogen (secondary N) is 1. The fraction of sp³-hybridized carbons (Fsp3) is 0.600. The van der Waals surface area contributed by atoms with Crippen LogP contribution in [0.5, 0.6) is 0 Å². The highest BCUT2D eigenvalue weighted by Gasteiger charge is 2.48. The first kappa shape index (κ1) is 20.4. The van der Waals surface area contributed by atoms with Crippen LogP contribution in [0.1, 0.15) is 0 Å². The number of rotatable bonds is 6.